The molecule has 0 unspecified atom stereocenters. The van der Waals surface area contributed by atoms with Gasteiger partial charge in [-0.05, 0) is 54.8 Å². The third kappa shape index (κ3) is 4.38. The number of nitrogens with one attached hydrogen (secondary N) is 2. The lowest BCUT2D eigenvalue weighted by Gasteiger charge is -2.18. The quantitative estimate of drug-likeness (QED) is 0.755. The smallest absolute Gasteiger partial charge is 0.250 e. The highest BCUT2D eigenvalue weighted by molar-refractivity contribution is 7.89. The molecule has 146 valence electrons. The summed E-state index contributed by atoms with van der Waals surface area (Å²) in [6.45, 7) is 0.472. The normalized spacial score (nSPS) is 16.0. The Labute approximate surface area is 168 Å². The molecule has 0 radical (unpaired) electrons. The molecule has 0 aromatic heterocycles. The van der Waals surface area contributed by atoms with Crippen LogP contribution in [0.15, 0.2) is 52.9 Å². The molecule has 1 aliphatic carbocycles. The minimum atomic E-state index is -3.47. The Morgan fingerprint density at radius 2 is 1.89 bits per heavy atom. The number of benzene rings is 2. The van der Waals surface area contributed by atoms with Crippen LogP contribution in [0.1, 0.15) is 24.0 Å². The number of halogens is 1. The van der Waals surface area contributed by atoms with Crippen LogP contribution in [0.2, 0.25) is 5.02 Å². The average Bonchev–Trinajstić information content (AvgIpc) is 3.49. The Hall–Kier alpha value is -2.35. The van der Waals surface area contributed by atoms with Crippen LogP contribution in [0, 0.1) is 0 Å². The van der Waals surface area contributed by atoms with E-state index < -0.39 is 10.0 Å². The molecule has 2 aromatic carbocycles. The summed E-state index contributed by atoms with van der Waals surface area (Å²) in [5, 5.41) is 3.40. The predicted octanol–water partition coefficient (Wildman–Crippen LogP) is 2.87. The number of ether oxygens (including phenoxy) is 1. The maximum absolute atomic E-state index is 12.4. The van der Waals surface area contributed by atoms with E-state index in [-0.39, 0.29) is 30.0 Å². The summed E-state index contributed by atoms with van der Waals surface area (Å²) in [5.74, 6) is 0.454. The van der Waals surface area contributed by atoms with Gasteiger partial charge in [-0.2, -0.15) is 0 Å². The van der Waals surface area contributed by atoms with Gasteiger partial charge in [0, 0.05) is 23.2 Å². The molecule has 1 saturated carbocycles. The van der Waals surface area contributed by atoms with E-state index in [9.17, 15) is 13.2 Å². The molecule has 6 nitrogen and oxygen atoms in total. The summed E-state index contributed by atoms with van der Waals surface area (Å²) in [6.07, 6.45) is 3.54. The van der Waals surface area contributed by atoms with E-state index in [1.807, 2.05) is 0 Å². The van der Waals surface area contributed by atoms with Crippen LogP contribution in [0.4, 0.5) is 0 Å². The van der Waals surface area contributed by atoms with Gasteiger partial charge in [0.1, 0.15) is 12.4 Å². The molecule has 1 fully saturated rings. The molecule has 2 aromatic rings. The number of fused-ring (bicyclic) bond motifs is 1. The van der Waals surface area contributed by atoms with Crippen molar-refractivity contribution < 1.29 is 17.9 Å². The molecule has 0 saturated heterocycles. The zero-order chi connectivity index (χ0) is 19.7. The van der Waals surface area contributed by atoms with Crippen molar-refractivity contribution in [2.45, 2.75) is 30.3 Å². The van der Waals surface area contributed by atoms with E-state index in [1.54, 1.807) is 48.5 Å². The zero-order valence-corrected chi connectivity index (χ0v) is 16.5. The minimum absolute atomic E-state index is 0.0648. The molecule has 1 amide bonds. The predicted molar refractivity (Wildman–Crippen MR) is 107 cm³/mol. The van der Waals surface area contributed by atoms with Gasteiger partial charge in [0.15, 0.2) is 0 Å². The number of hydrogen-bond donors (Lipinski definition) is 2. The SMILES string of the molecule is O=C(NCc1ccc(S(=O)(=O)NC2CC2)cc1)C1=Cc2cc(Cl)ccc2OC1. The van der Waals surface area contributed by atoms with E-state index in [0.29, 0.717) is 16.3 Å². The van der Waals surface area contributed by atoms with Gasteiger partial charge >= 0.3 is 0 Å². The summed E-state index contributed by atoms with van der Waals surface area (Å²) in [4.78, 5) is 12.7. The monoisotopic (exact) mass is 418 g/mol. The largest absolute Gasteiger partial charge is 0.488 e. The molecule has 8 heteroatoms. The van der Waals surface area contributed by atoms with Crippen LogP contribution in [0.5, 0.6) is 5.75 Å². The molecule has 1 aliphatic heterocycles. The van der Waals surface area contributed by atoms with E-state index >= 15 is 0 Å². The Morgan fingerprint density at radius 3 is 2.61 bits per heavy atom. The van der Waals surface area contributed by atoms with Crippen LogP contribution in [-0.4, -0.2) is 27.0 Å². The number of hydrogen-bond acceptors (Lipinski definition) is 4. The number of rotatable bonds is 6. The molecule has 2 N–H and O–H groups in total. The van der Waals surface area contributed by atoms with Gasteiger partial charge < -0.3 is 10.1 Å². The lowest BCUT2D eigenvalue weighted by atomic mass is 10.1. The Bertz CT molecular complexity index is 1040. The second-order valence-corrected chi connectivity index (χ2v) is 9.01. The van der Waals surface area contributed by atoms with Gasteiger partial charge in [-0.1, -0.05) is 23.7 Å². The van der Waals surface area contributed by atoms with Crippen LogP contribution in [0.25, 0.3) is 6.08 Å². The van der Waals surface area contributed by atoms with Crippen molar-refractivity contribution in [3.8, 4) is 5.75 Å². The van der Waals surface area contributed by atoms with Gasteiger partial charge in [-0.15, -0.1) is 0 Å². The average molecular weight is 419 g/mol. The molecular formula is C20H19ClN2O4S. The molecule has 28 heavy (non-hydrogen) atoms. The number of sulfonamides is 1. The molecule has 2 aliphatic rings. The fourth-order valence-corrected chi connectivity index (χ4v) is 4.34. The highest BCUT2D eigenvalue weighted by atomic mass is 35.5. The van der Waals surface area contributed by atoms with E-state index in [2.05, 4.69) is 10.0 Å². The number of amides is 1. The summed E-state index contributed by atoms with van der Waals surface area (Å²) in [6, 6.07) is 11.8. The van der Waals surface area contributed by atoms with E-state index in [1.165, 1.54) is 0 Å². The minimum Gasteiger partial charge on any atom is -0.488 e. The standard InChI is InChI=1S/C20H19ClN2O4S/c21-16-3-8-19-14(10-16)9-15(12-27-19)20(24)22-11-13-1-6-18(7-2-13)28(25,26)23-17-4-5-17/h1-3,6-10,17,23H,4-5,11-12H2,(H,22,24). The first-order valence-corrected chi connectivity index (χ1v) is 10.8. The van der Waals surface area contributed by atoms with Crippen molar-refractivity contribution in [2.75, 3.05) is 6.61 Å². The molecule has 1 heterocycles. The zero-order valence-electron chi connectivity index (χ0n) is 14.9. The fourth-order valence-electron chi connectivity index (χ4n) is 2.85. The fraction of sp³-hybridized carbons (Fsp3) is 0.250. The molecule has 0 bridgehead atoms. The Balaban J connectivity index is 1.38. The first-order chi connectivity index (χ1) is 13.4. The summed E-state index contributed by atoms with van der Waals surface area (Å²) in [7, 11) is -3.47. The number of carbonyl (C=O) groups is 1. The maximum Gasteiger partial charge on any atom is 0.250 e. The first-order valence-electron chi connectivity index (χ1n) is 8.93. The first kappa shape index (κ1) is 19.0. The highest BCUT2D eigenvalue weighted by Crippen LogP contribution is 2.29. The van der Waals surface area contributed by atoms with Crippen molar-refractivity contribution in [3.05, 3.63) is 64.2 Å². The Morgan fingerprint density at radius 1 is 1.14 bits per heavy atom. The van der Waals surface area contributed by atoms with Gasteiger partial charge in [0.2, 0.25) is 10.0 Å². The van der Waals surface area contributed by atoms with Gasteiger partial charge in [-0.25, -0.2) is 13.1 Å². The van der Waals surface area contributed by atoms with Crippen LogP contribution in [0.3, 0.4) is 0 Å². The second-order valence-electron chi connectivity index (χ2n) is 6.86. The van der Waals surface area contributed by atoms with Crippen LogP contribution >= 0.6 is 11.6 Å². The lowest BCUT2D eigenvalue weighted by molar-refractivity contribution is -0.117. The van der Waals surface area contributed by atoms with Crippen LogP contribution in [-0.2, 0) is 21.4 Å². The Kier molecular flexibility index (Phi) is 5.14. The molecule has 0 atom stereocenters. The second kappa shape index (κ2) is 7.58. The third-order valence-electron chi connectivity index (χ3n) is 4.56. The van der Waals surface area contributed by atoms with Crippen molar-refractivity contribution in [3.63, 3.8) is 0 Å². The lowest BCUT2D eigenvalue weighted by Crippen LogP contribution is -2.28. The maximum atomic E-state index is 12.4. The van der Waals surface area contributed by atoms with Crippen molar-refractivity contribution >= 4 is 33.6 Å². The highest BCUT2D eigenvalue weighted by Gasteiger charge is 2.27. The van der Waals surface area contributed by atoms with Crippen LogP contribution < -0.4 is 14.8 Å². The molecule has 0 spiro atoms. The van der Waals surface area contributed by atoms with Gasteiger partial charge in [0.25, 0.3) is 5.91 Å². The summed E-state index contributed by atoms with van der Waals surface area (Å²) < 4.78 is 32.6. The summed E-state index contributed by atoms with van der Waals surface area (Å²) >= 11 is 5.99. The van der Waals surface area contributed by atoms with E-state index in [4.69, 9.17) is 16.3 Å². The van der Waals surface area contributed by atoms with E-state index in [0.717, 1.165) is 24.0 Å². The third-order valence-corrected chi connectivity index (χ3v) is 6.33. The topological polar surface area (TPSA) is 84.5 Å². The molecular weight excluding hydrogens is 400 g/mol. The van der Waals surface area contributed by atoms with Gasteiger partial charge in [0.05, 0.1) is 10.5 Å². The van der Waals surface area contributed by atoms with Crippen molar-refractivity contribution in [1.29, 1.82) is 0 Å². The number of carbonyl (C=O) groups excluding carboxylic acids is 1. The summed E-state index contributed by atoms with van der Waals surface area (Å²) in [5.41, 5.74) is 2.07. The molecule has 4 rings (SSSR count). The van der Waals surface area contributed by atoms with Crippen molar-refractivity contribution in [2.24, 2.45) is 0 Å². The van der Waals surface area contributed by atoms with Gasteiger partial charge in [-0.3, -0.25) is 4.79 Å². The van der Waals surface area contributed by atoms with Crippen molar-refractivity contribution in [1.82, 2.24) is 10.0 Å².